The van der Waals surface area contributed by atoms with Crippen LogP contribution in [0.15, 0.2) is 28.7 Å². The van der Waals surface area contributed by atoms with Crippen LogP contribution in [0.1, 0.15) is 37.8 Å². The summed E-state index contributed by atoms with van der Waals surface area (Å²) in [5.74, 6) is 0.668. The molecule has 0 amide bonds. The van der Waals surface area contributed by atoms with Gasteiger partial charge in [-0.1, -0.05) is 28.1 Å². The highest BCUT2D eigenvalue weighted by molar-refractivity contribution is 9.10. The first-order chi connectivity index (χ1) is 8.70. The average molecular weight is 312 g/mol. The third-order valence-corrected chi connectivity index (χ3v) is 4.52. The Balaban J connectivity index is 1.99. The molecule has 3 heteroatoms. The molecule has 1 saturated heterocycles. The number of hydrogen-bond donors (Lipinski definition) is 1. The maximum atomic E-state index is 9.07. The fourth-order valence-electron chi connectivity index (χ4n) is 2.82. The summed E-state index contributed by atoms with van der Waals surface area (Å²) in [6.45, 7) is 4.91. The van der Waals surface area contributed by atoms with E-state index in [2.05, 4.69) is 52.0 Å². The monoisotopic (exact) mass is 311 g/mol. The lowest BCUT2D eigenvalue weighted by Crippen LogP contribution is -2.37. The molecule has 18 heavy (non-hydrogen) atoms. The first kappa shape index (κ1) is 14.0. The number of aliphatic hydroxyl groups excluding tert-OH is 1. The summed E-state index contributed by atoms with van der Waals surface area (Å²) in [5.41, 5.74) is 1.38. The van der Waals surface area contributed by atoms with E-state index in [1.807, 2.05) is 0 Å². The molecule has 0 spiro atoms. The SMILES string of the molecule is CC(c1ccc(Br)cc1)N1CCCC(CCO)C1. The van der Waals surface area contributed by atoms with Crippen molar-refractivity contribution in [3.63, 3.8) is 0 Å². The van der Waals surface area contributed by atoms with Crippen LogP contribution in [0.5, 0.6) is 0 Å². The molecule has 100 valence electrons. The zero-order valence-corrected chi connectivity index (χ0v) is 12.6. The number of piperidine rings is 1. The minimum atomic E-state index is 0.325. The first-order valence-corrected chi connectivity index (χ1v) is 7.60. The first-order valence-electron chi connectivity index (χ1n) is 6.81. The third kappa shape index (κ3) is 3.56. The molecule has 1 heterocycles. The standard InChI is InChI=1S/C15H22BrNO/c1-12(14-4-6-15(16)7-5-14)17-9-2-3-13(11-17)8-10-18/h4-7,12-13,18H,2-3,8-11H2,1H3. The average Bonchev–Trinajstić information content (AvgIpc) is 2.39. The van der Waals surface area contributed by atoms with E-state index in [-0.39, 0.29) is 0 Å². The van der Waals surface area contributed by atoms with Crippen LogP contribution in [0.3, 0.4) is 0 Å². The predicted molar refractivity (Wildman–Crippen MR) is 78.6 cm³/mol. The summed E-state index contributed by atoms with van der Waals surface area (Å²) in [5, 5.41) is 9.07. The molecule has 2 nitrogen and oxygen atoms in total. The Morgan fingerprint density at radius 1 is 1.39 bits per heavy atom. The van der Waals surface area contributed by atoms with Gasteiger partial charge < -0.3 is 5.11 Å². The highest BCUT2D eigenvalue weighted by Crippen LogP contribution is 2.28. The number of hydrogen-bond acceptors (Lipinski definition) is 2. The fraction of sp³-hybridized carbons (Fsp3) is 0.600. The van der Waals surface area contributed by atoms with Gasteiger partial charge in [-0.2, -0.15) is 0 Å². The predicted octanol–water partition coefficient (Wildman–Crippen LogP) is 3.60. The van der Waals surface area contributed by atoms with Crippen molar-refractivity contribution in [1.82, 2.24) is 4.90 Å². The molecule has 1 aromatic carbocycles. The lowest BCUT2D eigenvalue weighted by atomic mass is 9.93. The molecule has 2 unspecified atom stereocenters. The zero-order valence-electron chi connectivity index (χ0n) is 11.0. The van der Waals surface area contributed by atoms with Crippen molar-refractivity contribution in [2.75, 3.05) is 19.7 Å². The third-order valence-electron chi connectivity index (χ3n) is 3.99. The number of rotatable bonds is 4. The fourth-order valence-corrected chi connectivity index (χ4v) is 3.08. The molecule has 0 bridgehead atoms. The Hall–Kier alpha value is -0.380. The van der Waals surface area contributed by atoms with E-state index in [9.17, 15) is 0 Å². The molecule has 2 atom stereocenters. The van der Waals surface area contributed by atoms with Crippen molar-refractivity contribution in [2.24, 2.45) is 5.92 Å². The van der Waals surface area contributed by atoms with E-state index >= 15 is 0 Å². The minimum absolute atomic E-state index is 0.325. The van der Waals surface area contributed by atoms with Gasteiger partial charge in [0.15, 0.2) is 0 Å². The Kier molecular flexibility index (Phi) is 5.22. The van der Waals surface area contributed by atoms with Crippen molar-refractivity contribution >= 4 is 15.9 Å². The molecule has 1 aromatic rings. The van der Waals surface area contributed by atoms with Gasteiger partial charge in [0.2, 0.25) is 0 Å². The number of likely N-dealkylation sites (tertiary alicyclic amines) is 1. The molecule has 1 fully saturated rings. The summed E-state index contributed by atoms with van der Waals surface area (Å²) < 4.78 is 1.13. The van der Waals surface area contributed by atoms with Crippen LogP contribution in [-0.4, -0.2) is 29.7 Å². The van der Waals surface area contributed by atoms with Crippen LogP contribution in [0, 0.1) is 5.92 Å². The van der Waals surface area contributed by atoms with Crippen LogP contribution < -0.4 is 0 Å². The molecule has 0 saturated carbocycles. The van der Waals surface area contributed by atoms with E-state index in [0.717, 1.165) is 17.4 Å². The highest BCUT2D eigenvalue weighted by Gasteiger charge is 2.23. The summed E-state index contributed by atoms with van der Waals surface area (Å²) in [6, 6.07) is 9.09. The Morgan fingerprint density at radius 2 is 2.11 bits per heavy atom. The molecular weight excluding hydrogens is 290 g/mol. The second kappa shape index (κ2) is 6.69. The van der Waals surface area contributed by atoms with Gasteiger partial charge in [0, 0.05) is 23.7 Å². The van der Waals surface area contributed by atoms with Crippen molar-refractivity contribution in [3.05, 3.63) is 34.3 Å². The van der Waals surface area contributed by atoms with E-state index < -0.39 is 0 Å². The van der Waals surface area contributed by atoms with Crippen LogP contribution in [0.4, 0.5) is 0 Å². The maximum absolute atomic E-state index is 9.07. The van der Waals surface area contributed by atoms with Crippen molar-refractivity contribution in [2.45, 2.75) is 32.2 Å². The number of halogens is 1. The van der Waals surface area contributed by atoms with Crippen molar-refractivity contribution < 1.29 is 5.11 Å². The molecule has 1 N–H and O–H groups in total. The van der Waals surface area contributed by atoms with E-state index in [1.54, 1.807) is 0 Å². The Labute approximate surface area is 118 Å². The Morgan fingerprint density at radius 3 is 2.78 bits per heavy atom. The number of benzene rings is 1. The molecule has 0 aliphatic carbocycles. The minimum Gasteiger partial charge on any atom is -0.396 e. The molecule has 0 radical (unpaired) electrons. The van der Waals surface area contributed by atoms with Gasteiger partial charge in [-0.05, 0) is 56.3 Å². The molecular formula is C15H22BrNO. The van der Waals surface area contributed by atoms with Gasteiger partial charge in [0.25, 0.3) is 0 Å². The van der Waals surface area contributed by atoms with Crippen LogP contribution in [0.2, 0.25) is 0 Å². The summed E-state index contributed by atoms with van der Waals surface area (Å²) in [6.07, 6.45) is 3.47. The van der Waals surface area contributed by atoms with Crippen molar-refractivity contribution in [1.29, 1.82) is 0 Å². The van der Waals surface area contributed by atoms with E-state index in [1.165, 1.54) is 24.9 Å². The van der Waals surface area contributed by atoms with E-state index in [0.29, 0.717) is 18.6 Å². The van der Waals surface area contributed by atoms with Crippen LogP contribution >= 0.6 is 15.9 Å². The van der Waals surface area contributed by atoms with E-state index in [4.69, 9.17) is 5.11 Å². The Bertz CT molecular complexity index is 363. The van der Waals surface area contributed by atoms with Crippen molar-refractivity contribution in [3.8, 4) is 0 Å². The smallest absolute Gasteiger partial charge is 0.0434 e. The van der Waals surface area contributed by atoms with Gasteiger partial charge in [-0.3, -0.25) is 4.90 Å². The normalized spacial score (nSPS) is 22.9. The van der Waals surface area contributed by atoms with Crippen LogP contribution in [0.25, 0.3) is 0 Å². The molecule has 0 aromatic heterocycles. The largest absolute Gasteiger partial charge is 0.396 e. The van der Waals surface area contributed by atoms with Gasteiger partial charge in [0.1, 0.15) is 0 Å². The zero-order chi connectivity index (χ0) is 13.0. The lowest BCUT2D eigenvalue weighted by Gasteiger charge is -2.37. The second-order valence-corrected chi connectivity index (χ2v) is 6.16. The van der Waals surface area contributed by atoms with Gasteiger partial charge >= 0.3 is 0 Å². The number of nitrogens with zero attached hydrogens (tertiary/aromatic N) is 1. The summed E-state index contributed by atoms with van der Waals surface area (Å²) in [4.78, 5) is 2.55. The number of aliphatic hydroxyl groups is 1. The molecule has 2 rings (SSSR count). The van der Waals surface area contributed by atoms with Gasteiger partial charge in [-0.15, -0.1) is 0 Å². The van der Waals surface area contributed by atoms with Crippen LogP contribution in [-0.2, 0) is 0 Å². The lowest BCUT2D eigenvalue weighted by molar-refractivity contribution is 0.114. The topological polar surface area (TPSA) is 23.5 Å². The second-order valence-electron chi connectivity index (χ2n) is 5.24. The quantitative estimate of drug-likeness (QED) is 0.918. The molecule has 1 aliphatic heterocycles. The summed E-state index contributed by atoms with van der Waals surface area (Å²) >= 11 is 3.48. The van der Waals surface area contributed by atoms with Gasteiger partial charge in [0.05, 0.1) is 0 Å². The summed E-state index contributed by atoms with van der Waals surface area (Å²) in [7, 11) is 0. The molecule has 1 aliphatic rings. The van der Waals surface area contributed by atoms with Gasteiger partial charge in [-0.25, -0.2) is 0 Å². The maximum Gasteiger partial charge on any atom is 0.0434 e. The highest BCUT2D eigenvalue weighted by atomic mass is 79.9.